The van der Waals surface area contributed by atoms with Crippen LogP contribution < -0.4 is 9.79 Å². The zero-order valence-corrected chi connectivity index (χ0v) is 10.7. The van der Waals surface area contributed by atoms with E-state index in [0.29, 0.717) is 5.69 Å². The van der Waals surface area contributed by atoms with Gasteiger partial charge >= 0.3 is 0 Å². The van der Waals surface area contributed by atoms with Crippen LogP contribution in [0.5, 0.6) is 0 Å². The Labute approximate surface area is 93.5 Å². The van der Waals surface area contributed by atoms with Crippen molar-refractivity contribution in [3.05, 3.63) is 16.1 Å². The highest BCUT2D eigenvalue weighted by Gasteiger charge is 2.34. The molecule has 0 fully saturated rings. The molecule has 0 atom stereocenters. The van der Waals surface area contributed by atoms with Gasteiger partial charge in [-0.25, -0.2) is 4.98 Å². The topological polar surface area (TPSA) is 76.1 Å². The molecule has 4 nitrogen and oxygen atoms in total. The second kappa shape index (κ2) is 4.34. The van der Waals surface area contributed by atoms with E-state index in [1.807, 2.05) is 0 Å². The molecule has 0 bridgehead atoms. The first-order chi connectivity index (χ1) is 6.87. The van der Waals surface area contributed by atoms with Crippen LogP contribution in [-0.4, -0.2) is 4.98 Å². The standard InChI is InChI=1S/C9H16NO3PS/c1-4-9(5-2,14(11,12)13)8-6-15-7(3)10-8/h6H,4-5H2,1-3H3,(H2,11,12,13)/p-2. The highest BCUT2D eigenvalue weighted by atomic mass is 32.1. The number of hydrogen-bond donors (Lipinski definition) is 0. The van der Waals surface area contributed by atoms with Gasteiger partial charge in [-0.15, -0.1) is 11.3 Å². The molecule has 0 aliphatic rings. The van der Waals surface area contributed by atoms with Crippen LogP contribution in [0.1, 0.15) is 37.4 Å². The first-order valence-corrected chi connectivity index (χ1v) is 7.24. The van der Waals surface area contributed by atoms with Crippen molar-refractivity contribution in [1.82, 2.24) is 4.98 Å². The van der Waals surface area contributed by atoms with Gasteiger partial charge < -0.3 is 14.4 Å². The third-order valence-electron chi connectivity index (χ3n) is 2.79. The maximum absolute atomic E-state index is 11.4. The van der Waals surface area contributed by atoms with Crippen molar-refractivity contribution in [2.75, 3.05) is 0 Å². The maximum atomic E-state index is 11.4. The number of aromatic nitrogens is 1. The van der Waals surface area contributed by atoms with Crippen LogP contribution >= 0.6 is 18.9 Å². The third-order valence-corrected chi connectivity index (χ3v) is 5.47. The van der Waals surface area contributed by atoms with Crippen molar-refractivity contribution in [3.8, 4) is 0 Å². The molecule has 86 valence electrons. The molecule has 0 aliphatic heterocycles. The predicted molar refractivity (Wildman–Crippen MR) is 56.7 cm³/mol. The van der Waals surface area contributed by atoms with Crippen molar-refractivity contribution in [2.24, 2.45) is 0 Å². The number of rotatable bonds is 4. The van der Waals surface area contributed by atoms with Gasteiger partial charge in [0.2, 0.25) is 0 Å². The Morgan fingerprint density at radius 3 is 2.27 bits per heavy atom. The first kappa shape index (κ1) is 12.8. The molecule has 1 aromatic rings. The van der Waals surface area contributed by atoms with Gasteiger partial charge in [-0.05, 0) is 19.8 Å². The van der Waals surface area contributed by atoms with Crippen molar-refractivity contribution < 1.29 is 14.4 Å². The van der Waals surface area contributed by atoms with Crippen LogP contribution in [0.2, 0.25) is 0 Å². The van der Waals surface area contributed by atoms with Crippen LogP contribution in [0.3, 0.4) is 0 Å². The van der Waals surface area contributed by atoms with Gasteiger partial charge in [0.15, 0.2) is 0 Å². The zero-order valence-electron chi connectivity index (χ0n) is 9.02. The Morgan fingerprint density at radius 2 is 2.00 bits per heavy atom. The summed E-state index contributed by atoms with van der Waals surface area (Å²) in [6.45, 7) is 5.21. The van der Waals surface area contributed by atoms with E-state index in [-0.39, 0.29) is 12.8 Å². The van der Waals surface area contributed by atoms with Gasteiger partial charge in [0.1, 0.15) is 0 Å². The average Bonchev–Trinajstić information content (AvgIpc) is 2.53. The van der Waals surface area contributed by atoms with Crippen LogP contribution in [-0.2, 0) is 9.72 Å². The fourth-order valence-corrected chi connectivity index (χ4v) is 3.69. The number of nitrogens with zero attached hydrogens (tertiary/aromatic N) is 1. The van der Waals surface area contributed by atoms with Crippen LogP contribution in [0.4, 0.5) is 0 Å². The summed E-state index contributed by atoms with van der Waals surface area (Å²) in [6, 6.07) is 0. The van der Waals surface area contributed by atoms with E-state index in [1.165, 1.54) is 11.3 Å². The Kier molecular flexibility index (Phi) is 3.71. The Hall–Kier alpha value is -0.220. The zero-order chi connectivity index (χ0) is 11.7. The second-order valence-corrected chi connectivity index (χ2v) is 6.40. The van der Waals surface area contributed by atoms with Crippen molar-refractivity contribution in [2.45, 2.75) is 38.8 Å². The minimum Gasteiger partial charge on any atom is -0.810 e. The number of hydrogen-bond acceptors (Lipinski definition) is 5. The lowest BCUT2D eigenvalue weighted by atomic mass is 9.99. The molecule has 6 heteroatoms. The quantitative estimate of drug-likeness (QED) is 0.753. The van der Waals surface area contributed by atoms with E-state index < -0.39 is 12.8 Å². The minimum atomic E-state index is -4.67. The van der Waals surface area contributed by atoms with Crippen LogP contribution in [0, 0.1) is 6.92 Å². The highest BCUT2D eigenvalue weighted by molar-refractivity contribution is 7.50. The van der Waals surface area contributed by atoms with E-state index in [2.05, 4.69) is 4.98 Å². The van der Waals surface area contributed by atoms with E-state index in [0.717, 1.165) is 5.01 Å². The summed E-state index contributed by atoms with van der Waals surface area (Å²) in [4.78, 5) is 26.9. The maximum Gasteiger partial charge on any atom is 0.0897 e. The summed E-state index contributed by atoms with van der Waals surface area (Å²) in [6.07, 6.45) is 0.550. The smallest absolute Gasteiger partial charge is 0.0897 e. The Balaban J connectivity index is 3.29. The molecular weight excluding hydrogens is 233 g/mol. The summed E-state index contributed by atoms with van der Waals surface area (Å²) in [7, 11) is -4.67. The molecule has 0 amide bonds. The number of aryl methyl sites for hydroxylation is 1. The lowest BCUT2D eigenvalue weighted by Crippen LogP contribution is -2.36. The Bertz CT molecular complexity index is 380. The molecule has 1 aromatic heterocycles. The van der Waals surface area contributed by atoms with Gasteiger partial charge in [-0.1, -0.05) is 21.4 Å². The SMILES string of the molecule is CCC(CC)(c1csc(C)n1)P(=O)([O-])[O-]. The van der Waals surface area contributed by atoms with Gasteiger partial charge in [-0.2, -0.15) is 0 Å². The molecule has 0 spiro atoms. The largest absolute Gasteiger partial charge is 0.810 e. The molecule has 0 saturated carbocycles. The molecule has 0 unspecified atom stereocenters. The fourth-order valence-electron chi connectivity index (χ4n) is 1.72. The monoisotopic (exact) mass is 247 g/mol. The van der Waals surface area contributed by atoms with Gasteiger partial charge in [-0.3, -0.25) is 0 Å². The molecule has 1 rings (SSSR count). The van der Waals surface area contributed by atoms with Gasteiger partial charge in [0.25, 0.3) is 0 Å². The lowest BCUT2D eigenvalue weighted by Gasteiger charge is -2.48. The van der Waals surface area contributed by atoms with E-state index in [4.69, 9.17) is 0 Å². The minimum absolute atomic E-state index is 0.275. The summed E-state index contributed by atoms with van der Waals surface area (Å²) >= 11 is 1.37. The van der Waals surface area contributed by atoms with Crippen molar-refractivity contribution >= 4 is 18.9 Å². The normalized spacial score (nSPS) is 13.1. The van der Waals surface area contributed by atoms with Crippen molar-refractivity contribution in [1.29, 1.82) is 0 Å². The lowest BCUT2D eigenvalue weighted by molar-refractivity contribution is -0.322. The second-order valence-electron chi connectivity index (χ2n) is 3.49. The molecular formula is C9H14NO3PS-2. The van der Waals surface area contributed by atoms with Gasteiger partial charge in [0, 0.05) is 10.5 Å². The fraction of sp³-hybridized carbons (Fsp3) is 0.667. The summed E-state index contributed by atoms with van der Waals surface area (Å²) in [5.41, 5.74) is 0.406. The Morgan fingerprint density at radius 1 is 1.47 bits per heavy atom. The molecule has 0 aromatic carbocycles. The average molecular weight is 247 g/mol. The highest BCUT2D eigenvalue weighted by Crippen LogP contribution is 2.55. The predicted octanol–water partition coefficient (Wildman–Crippen LogP) is 1.38. The first-order valence-electron chi connectivity index (χ1n) is 4.82. The molecule has 0 saturated heterocycles. The van der Waals surface area contributed by atoms with Crippen LogP contribution in [0.25, 0.3) is 0 Å². The summed E-state index contributed by atoms with van der Waals surface area (Å²) in [5.74, 6) is 0. The van der Waals surface area contributed by atoms with Gasteiger partial charge in [0.05, 0.1) is 10.7 Å². The molecule has 0 N–H and O–H groups in total. The van der Waals surface area contributed by atoms with E-state index in [1.54, 1.807) is 26.2 Å². The molecule has 15 heavy (non-hydrogen) atoms. The van der Waals surface area contributed by atoms with E-state index >= 15 is 0 Å². The third kappa shape index (κ3) is 2.16. The molecule has 1 heterocycles. The van der Waals surface area contributed by atoms with Crippen molar-refractivity contribution in [3.63, 3.8) is 0 Å². The summed E-state index contributed by atoms with van der Waals surface area (Å²) < 4.78 is 11.4. The number of thiazole rings is 1. The molecule has 0 radical (unpaired) electrons. The van der Waals surface area contributed by atoms with E-state index in [9.17, 15) is 14.4 Å². The molecule has 0 aliphatic carbocycles. The summed E-state index contributed by atoms with van der Waals surface area (Å²) in [5, 5.41) is 1.13. The van der Waals surface area contributed by atoms with Crippen LogP contribution in [0.15, 0.2) is 5.38 Å².